The number of aromatic nitrogens is 1. The van der Waals surface area contributed by atoms with Crippen molar-refractivity contribution in [3.05, 3.63) is 11.1 Å². The maximum absolute atomic E-state index is 12.3. The predicted molar refractivity (Wildman–Crippen MR) is 89.7 cm³/mol. The number of nitrogens with zero attached hydrogens (tertiary/aromatic N) is 2. The van der Waals surface area contributed by atoms with Crippen molar-refractivity contribution in [3.63, 3.8) is 0 Å². The number of carbonyl (C=O) groups is 1. The molecular formula is C16H24N4O2S. The van der Waals surface area contributed by atoms with Crippen LogP contribution in [0.25, 0.3) is 0 Å². The summed E-state index contributed by atoms with van der Waals surface area (Å²) in [4.78, 5) is 18.7. The average molecular weight is 336 g/mol. The minimum atomic E-state index is -0.0778. The first kappa shape index (κ1) is 15.2. The molecule has 23 heavy (non-hydrogen) atoms. The zero-order chi connectivity index (χ0) is 16.0. The molecule has 126 valence electrons. The number of urea groups is 1. The molecule has 2 amide bonds. The largest absolute Gasteiger partial charge is 0.377 e. The van der Waals surface area contributed by atoms with Crippen LogP contribution in [0.15, 0.2) is 5.38 Å². The van der Waals surface area contributed by atoms with Crippen LogP contribution in [-0.4, -0.2) is 43.9 Å². The summed E-state index contributed by atoms with van der Waals surface area (Å²) in [5, 5.41) is 9.12. The van der Waals surface area contributed by atoms with Gasteiger partial charge in [-0.25, -0.2) is 9.78 Å². The molecule has 3 aliphatic rings. The summed E-state index contributed by atoms with van der Waals surface area (Å²) in [6.07, 6.45) is 5.12. The van der Waals surface area contributed by atoms with Crippen LogP contribution in [-0.2, 0) is 11.3 Å². The molecule has 7 heteroatoms. The Morgan fingerprint density at radius 1 is 1.52 bits per heavy atom. The topological polar surface area (TPSA) is 66.5 Å². The van der Waals surface area contributed by atoms with E-state index in [1.807, 2.05) is 24.4 Å². The second-order valence-corrected chi connectivity index (χ2v) is 7.99. The van der Waals surface area contributed by atoms with E-state index in [1.165, 1.54) is 19.3 Å². The third kappa shape index (κ3) is 2.41. The number of ether oxygens (including phenoxy) is 1. The molecule has 3 atom stereocenters. The van der Waals surface area contributed by atoms with Gasteiger partial charge in [-0.2, -0.15) is 0 Å². The number of fused-ring (bicyclic) bond motifs is 2. The van der Waals surface area contributed by atoms with Crippen molar-refractivity contribution in [3.8, 4) is 0 Å². The lowest BCUT2D eigenvalue weighted by atomic mass is 9.46. The van der Waals surface area contributed by atoms with Gasteiger partial charge in [-0.3, -0.25) is 0 Å². The number of anilines is 1. The Labute approximate surface area is 140 Å². The Hall–Kier alpha value is -1.34. The molecule has 6 nitrogen and oxygen atoms in total. The number of carbonyl (C=O) groups excluding carboxylic acids is 1. The molecule has 1 saturated heterocycles. The standard InChI is InChI=1S/C16H24N4O2S/c1-20(2)15-18-10(9-23-15)8-17-14(21)19-12-11-4-7-22-13(11)16(12)5-3-6-16/h9,11-13H,3-8H2,1-2H3,(H2,17,19,21)/t11-,12-,13+/m1/s1. The fourth-order valence-corrected chi connectivity index (χ4v) is 5.16. The number of hydrogen-bond donors (Lipinski definition) is 2. The van der Waals surface area contributed by atoms with E-state index in [-0.39, 0.29) is 17.5 Å². The molecule has 1 spiro atoms. The van der Waals surface area contributed by atoms with Crippen LogP contribution in [0, 0.1) is 11.3 Å². The van der Waals surface area contributed by atoms with Gasteiger partial charge in [0.05, 0.1) is 18.3 Å². The van der Waals surface area contributed by atoms with Crippen LogP contribution in [0.5, 0.6) is 0 Å². The number of hydrogen-bond acceptors (Lipinski definition) is 5. The molecule has 2 aliphatic carbocycles. The van der Waals surface area contributed by atoms with Gasteiger partial charge < -0.3 is 20.3 Å². The Morgan fingerprint density at radius 3 is 3.00 bits per heavy atom. The van der Waals surface area contributed by atoms with Crippen molar-refractivity contribution in [2.45, 2.75) is 44.4 Å². The monoisotopic (exact) mass is 336 g/mol. The van der Waals surface area contributed by atoms with Crippen molar-refractivity contribution in [1.82, 2.24) is 15.6 Å². The van der Waals surface area contributed by atoms with Crippen LogP contribution >= 0.6 is 11.3 Å². The fourth-order valence-electron chi connectivity index (χ4n) is 4.40. The molecule has 0 bridgehead atoms. The first-order valence-corrected chi connectivity index (χ1v) is 9.26. The van der Waals surface area contributed by atoms with Gasteiger partial charge in [0.1, 0.15) is 0 Å². The molecule has 0 radical (unpaired) electrons. The van der Waals surface area contributed by atoms with E-state index >= 15 is 0 Å². The van der Waals surface area contributed by atoms with Crippen LogP contribution in [0.3, 0.4) is 0 Å². The molecule has 0 aromatic carbocycles. The summed E-state index contributed by atoms with van der Waals surface area (Å²) >= 11 is 1.59. The molecule has 4 rings (SSSR count). The fraction of sp³-hybridized carbons (Fsp3) is 0.750. The van der Waals surface area contributed by atoms with Crippen LogP contribution < -0.4 is 15.5 Å². The average Bonchev–Trinajstić information content (AvgIpc) is 3.09. The zero-order valence-corrected chi connectivity index (χ0v) is 14.5. The third-order valence-corrected chi connectivity index (χ3v) is 6.73. The smallest absolute Gasteiger partial charge is 0.315 e. The Morgan fingerprint density at radius 2 is 2.35 bits per heavy atom. The van der Waals surface area contributed by atoms with E-state index in [1.54, 1.807) is 11.3 Å². The Balaban J connectivity index is 1.31. The maximum Gasteiger partial charge on any atom is 0.315 e. The van der Waals surface area contributed by atoms with E-state index in [9.17, 15) is 4.79 Å². The lowest BCUT2D eigenvalue weighted by Gasteiger charge is -2.63. The number of nitrogens with one attached hydrogen (secondary N) is 2. The van der Waals surface area contributed by atoms with E-state index < -0.39 is 0 Å². The van der Waals surface area contributed by atoms with Gasteiger partial charge in [0.25, 0.3) is 0 Å². The van der Waals surface area contributed by atoms with Gasteiger partial charge in [-0.05, 0) is 19.3 Å². The Bertz CT molecular complexity index is 599. The molecular weight excluding hydrogens is 312 g/mol. The van der Waals surface area contributed by atoms with E-state index in [2.05, 4.69) is 15.6 Å². The van der Waals surface area contributed by atoms with Gasteiger partial charge in [0, 0.05) is 43.5 Å². The van der Waals surface area contributed by atoms with Gasteiger partial charge in [0.2, 0.25) is 0 Å². The first-order chi connectivity index (χ1) is 11.1. The lowest BCUT2D eigenvalue weighted by molar-refractivity contribution is -0.172. The maximum atomic E-state index is 12.3. The highest BCUT2D eigenvalue weighted by atomic mass is 32.1. The summed E-state index contributed by atoms with van der Waals surface area (Å²) in [7, 11) is 3.94. The number of thiazole rings is 1. The van der Waals surface area contributed by atoms with Gasteiger partial charge >= 0.3 is 6.03 Å². The zero-order valence-electron chi connectivity index (χ0n) is 13.7. The molecule has 1 aromatic heterocycles. The van der Waals surface area contributed by atoms with Crippen LogP contribution in [0.4, 0.5) is 9.93 Å². The summed E-state index contributed by atoms with van der Waals surface area (Å²) in [6.45, 7) is 1.32. The van der Waals surface area contributed by atoms with Gasteiger partial charge in [-0.1, -0.05) is 6.42 Å². The second kappa shape index (κ2) is 5.63. The predicted octanol–water partition coefficient (Wildman–Crippen LogP) is 1.97. The SMILES string of the molecule is CN(C)c1nc(CNC(=O)N[C@@H]2[C@H]3CCO[C@@H]3C23CCC3)cs1. The molecule has 2 heterocycles. The number of amides is 2. The summed E-state index contributed by atoms with van der Waals surface area (Å²) in [6, 6.07) is 0.211. The minimum Gasteiger partial charge on any atom is -0.377 e. The minimum absolute atomic E-state index is 0.0778. The van der Waals surface area contributed by atoms with E-state index in [4.69, 9.17) is 4.74 Å². The van der Waals surface area contributed by atoms with Crippen molar-refractivity contribution < 1.29 is 9.53 Å². The van der Waals surface area contributed by atoms with Crippen LogP contribution in [0.2, 0.25) is 0 Å². The molecule has 2 N–H and O–H groups in total. The van der Waals surface area contributed by atoms with E-state index in [0.717, 1.165) is 23.9 Å². The molecule has 3 fully saturated rings. The van der Waals surface area contributed by atoms with Crippen molar-refractivity contribution in [2.75, 3.05) is 25.6 Å². The number of rotatable bonds is 4. The normalized spacial score (nSPS) is 30.3. The van der Waals surface area contributed by atoms with Gasteiger partial charge in [0.15, 0.2) is 5.13 Å². The molecule has 2 saturated carbocycles. The molecule has 1 aromatic rings. The van der Waals surface area contributed by atoms with Crippen LogP contribution in [0.1, 0.15) is 31.4 Å². The van der Waals surface area contributed by atoms with Gasteiger partial charge in [-0.15, -0.1) is 11.3 Å². The highest BCUT2D eigenvalue weighted by Crippen LogP contribution is 2.62. The lowest BCUT2D eigenvalue weighted by Crippen LogP contribution is -2.72. The highest BCUT2D eigenvalue weighted by Gasteiger charge is 2.66. The van der Waals surface area contributed by atoms with Crippen molar-refractivity contribution in [2.24, 2.45) is 11.3 Å². The quantitative estimate of drug-likeness (QED) is 0.882. The first-order valence-electron chi connectivity index (χ1n) is 8.38. The summed E-state index contributed by atoms with van der Waals surface area (Å²) in [5.74, 6) is 0.515. The van der Waals surface area contributed by atoms with Crippen molar-refractivity contribution >= 4 is 22.5 Å². The molecule has 1 aliphatic heterocycles. The molecule has 0 unspecified atom stereocenters. The summed E-state index contributed by atoms with van der Waals surface area (Å²) in [5.41, 5.74) is 1.14. The highest BCUT2D eigenvalue weighted by molar-refractivity contribution is 7.13. The Kier molecular flexibility index (Phi) is 3.72. The second-order valence-electron chi connectivity index (χ2n) is 7.15. The third-order valence-electron chi connectivity index (χ3n) is 5.67. The van der Waals surface area contributed by atoms with E-state index in [0.29, 0.717) is 18.6 Å². The van der Waals surface area contributed by atoms with Crippen molar-refractivity contribution in [1.29, 1.82) is 0 Å². The summed E-state index contributed by atoms with van der Waals surface area (Å²) < 4.78 is 5.89.